The van der Waals surface area contributed by atoms with Gasteiger partial charge in [0.15, 0.2) is 0 Å². The van der Waals surface area contributed by atoms with Crippen molar-refractivity contribution in [1.29, 1.82) is 0 Å². The molecule has 0 atom stereocenters. The average molecular weight is 328 g/mol. The quantitative estimate of drug-likeness (QED) is 0.595. The van der Waals surface area contributed by atoms with Crippen molar-refractivity contribution in [3.05, 3.63) is 75.8 Å². The summed E-state index contributed by atoms with van der Waals surface area (Å²) < 4.78 is 0. The van der Waals surface area contributed by atoms with Crippen LogP contribution in [-0.2, 0) is 17.6 Å². The normalized spacial score (nSPS) is 10.4. The van der Waals surface area contributed by atoms with Gasteiger partial charge in [0.05, 0.1) is 18.0 Å². The molecule has 0 saturated carbocycles. The largest absolute Gasteiger partial charge is 0.395 e. The molecule has 24 heavy (non-hydrogen) atoms. The van der Waals surface area contributed by atoms with E-state index in [4.69, 9.17) is 0 Å². The number of nitro groups is 1. The molecule has 0 unspecified atom stereocenters. The van der Waals surface area contributed by atoms with Crippen LogP contribution in [0.4, 0.5) is 5.69 Å². The Balaban J connectivity index is 2.05. The highest BCUT2D eigenvalue weighted by Gasteiger charge is 2.19. The second-order valence-electron chi connectivity index (χ2n) is 5.40. The van der Waals surface area contributed by atoms with Crippen LogP contribution in [0.5, 0.6) is 0 Å². The number of carbonyl (C=O) groups excluding carboxylic acids is 1. The van der Waals surface area contributed by atoms with Gasteiger partial charge in [0.25, 0.3) is 5.69 Å². The van der Waals surface area contributed by atoms with Gasteiger partial charge in [-0.05, 0) is 12.0 Å². The third kappa shape index (κ3) is 4.89. The Labute approximate surface area is 140 Å². The topological polar surface area (TPSA) is 83.7 Å². The maximum absolute atomic E-state index is 12.5. The summed E-state index contributed by atoms with van der Waals surface area (Å²) in [5.74, 6) is -0.228. The molecule has 0 bridgehead atoms. The molecule has 1 N–H and O–H groups in total. The number of hydrogen-bond donors (Lipinski definition) is 1. The zero-order valence-corrected chi connectivity index (χ0v) is 13.3. The summed E-state index contributed by atoms with van der Waals surface area (Å²) in [6.45, 7) is 0.535. The van der Waals surface area contributed by atoms with E-state index in [0.717, 1.165) is 5.56 Å². The molecule has 2 rings (SSSR count). The van der Waals surface area contributed by atoms with E-state index in [0.29, 0.717) is 18.5 Å². The third-order valence-electron chi connectivity index (χ3n) is 3.77. The van der Waals surface area contributed by atoms with Gasteiger partial charge in [0.1, 0.15) is 0 Å². The maximum Gasteiger partial charge on any atom is 0.273 e. The smallest absolute Gasteiger partial charge is 0.273 e. The minimum Gasteiger partial charge on any atom is -0.395 e. The molecule has 6 nitrogen and oxygen atoms in total. The summed E-state index contributed by atoms with van der Waals surface area (Å²) in [6.07, 6.45) is 0.620. The van der Waals surface area contributed by atoms with Crippen LogP contribution < -0.4 is 0 Å². The van der Waals surface area contributed by atoms with Crippen molar-refractivity contribution in [2.75, 3.05) is 19.7 Å². The fourth-order valence-corrected chi connectivity index (χ4v) is 2.50. The molecule has 0 saturated heterocycles. The number of aliphatic hydroxyl groups excluding tert-OH is 1. The van der Waals surface area contributed by atoms with Crippen LogP contribution in [0.15, 0.2) is 54.6 Å². The molecule has 0 heterocycles. The Hall–Kier alpha value is -2.73. The Morgan fingerprint density at radius 2 is 1.71 bits per heavy atom. The molecule has 2 aromatic carbocycles. The maximum atomic E-state index is 12.5. The minimum absolute atomic E-state index is 0.0497. The van der Waals surface area contributed by atoms with Crippen molar-refractivity contribution >= 4 is 11.6 Å². The molecule has 1 amide bonds. The SMILES string of the molecule is O=C(Cc1ccccc1[N+](=O)[O-])N(CCO)CCc1ccccc1. The van der Waals surface area contributed by atoms with E-state index in [1.807, 2.05) is 30.3 Å². The average Bonchev–Trinajstić information content (AvgIpc) is 2.59. The third-order valence-corrected chi connectivity index (χ3v) is 3.77. The molecule has 0 aliphatic heterocycles. The monoisotopic (exact) mass is 328 g/mol. The standard InChI is InChI=1S/C18H20N2O4/c21-13-12-19(11-10-15-6-2-1-3-7-15)18(22)14-16-8-4-5-9-17(16)20(23)24/h1-9,21H,10-14H2. The lowest BCUT2D eigenvalue weighted by atomic mass is 10.1. The van der Waals surface area contributed by atoms with E-state index >= 15 is 0 Å². The van der Waals surface area contributed by atoms with E-state index in [1.54, 1.807) is 23.1 Å². The fraction of sp³-hybridized carbons (Fsp3) is 0.278. The summed E-state index contributed by atoms with van der Waals surface area (Å²) in [7, 11) is 0. The zero-order chi connectivity index (χ0) is 17.4. The van der Waals surface area contributed by atoms with Crippen LogP contribution in [0.1, 0.15) is 11.1 Å². The highest BCUT2D eigenvalue weighted by atomic mass is 16.6. The fourth-order valence-electron chi connectivity index (χ4n) is 2.50. The van der Waals surface area contributed by atoms with Crippen molar-refractivity contribution in [2.24, 2.45) is 0 Å². The van der Waals surface area contributed by atoms with Crippen molar-refractivity contribution in [3.63, 3.8) is 0 Å². The summed E-state index contributed by atoms with van der Waals surface area (Å²) in [4.78, 5) is 24.6. The predicted octanol–water partition coefficient (Wildman–Crippen LogP) is 2.20. The Morgan fingerprint density at radius 1 is 1.04 bits per heavy atom. The number of para-hydroxylation sites is 1. The number of amides is 1. The van der Waals surface area contributed by atoms with Gasteiger partial charge in [0.2, 0.25) is 5.91 Å². The molecule has 2 aromatic rings. The molecular formula is C18H20N2O4. The Morgan fingerprint density at radius 3 is 2.38 bits per heavy atom. The van der Waals surface area contributed by atoms with Crippen molar-refractivity contribution in [2.45, 2.75) is 12.8 Å². The number of benzene rings is 2. The van der Waals surface area contributed by atoms with Crippen LogP contribution in [0.2, 0.25) is 0 Å². The lowest BCUT2D eigenvalue weighted by molar-refractivity contribution is -0.385. The Bertz CT molecular complexity index is 688. The first-order chi connectivity index (χ1) is 11.6. The van der Waals surface area contributed by atoms with Gasteiger partial charge in [-0.2, -0.15) is 0 Å². The second kappa shape index (κ2) is 8.79. The van der Waals surface area contributed by atoms with Crippen molar-refractivity contribution < 1.29 is 14.8 Å². The summed E-state index contributed by atoms with van der Waals surface area (Å²) in [5, 5.41) is 20.2. The number of aliphatic hydroxyl groups is 1. The van der Waals surface area contributed by atoms with E-state index in [1.165, 1.54) is 6.07 Å². The van der Waals surface area contributed by atoms with Gasteiger partial charge in [-0.3, -0.25) is 14.9 Å². The number of rotatable bonds is 8. The first-order valence-corrected chi connectivity index (χ1v) is 7.76. The molecule has 0 fully saturated rings. The van der Waals surface area contributed by atoms with E-state index < -0.39 is 4.92 Å². The van der Waals surface area contributed by atoms with Gasteiger partial charge in [-0.1, -0.05) is 48.5 Å². The first-order valence-electron chi connectivity index (χ1n) is 7.76. The van der Waals surface area contributed by atoms with E-state index in [9.17, 15) is 20.0 Å². The predicted molar refractivity (Wildman–Crippen MR) is 90.6 cm³/mol. The van der Waals surface area contributed by atoms with Crippen molar-refractivity contribution in [1.82, 2.24) is 4.90 Å². The zero-order valence-electron chi connectivity index (χ0n) is 13.3. The number of nitro benzene ring substituents is 1. The molecule has 0 aliphatic carbocycles. The molecule has 6 heteroatoms. The second-order valence-corrected chi connectivity index (χ2v) is 5.40. The van der Waals surface area contributed by atoms with E-state index in [-0.39, 0.29) is 31.2 Å². The number of nitrogens with zero attached hydrogens (tertiary/aromatic N) is 2. The molecule has 126 valence electrons. The van der Waals surface area contributed by atoms with Gasteiger partial charge in [0, 0.05) is 24.7 Å². The molecular weight excluding hydrogens is 308 g/mol. The van der Waals surface area contributed by atoms with Crippen LogP contribution in [0.25, 0.3) is 0 Å². The lowest BCUT2D eigenvalue weighted by Crippen LogP contribution is -2.36. The highest BCUT2D eigenvalue weighted by molar-refractivity contribution is 5.80. The lowest BCUT2D eigenvalue weighted by Gasteiger charge is -2.22. The first kappa shape index (κ1) is 17.6. The highest BCUT2D eigenvalue weighted by Crippen LogP contribution is 2.19. The van der Waals surface area contributed by atoms with Crippen LogP contribution >= 0.6 is 0 Å². The van der Waals surface area contributed by atoms with Gasteiger partial charge < -0.3 is 10.0 Å². The van der Waals surface area contributed by atoms with Crippen LogP contribution in [0.3, 0.4) is 0 Å². The van der Waals surface area contributed by atoms with Gasteiger partial charge in [-0.25, -0.2) is 0 Å². The van der Waals surface area contributed by atoms with Crippen molar-refractivity contribution in [3.8, 4) is 0 Å². The molecule has 0 aliphatic rings. The molecule has 0 radical (unpaired) electrons. The Kier molecular flexibility index (Phi) is 6.45. The molecule has 0 aromatic heterocycles. The molecule has 0 spiro atoms. The number of hydrogen-bond acceptors (Lipinski definition) is 4. The number of carbonyl (C=O) groups is 1. The van der Waals surface area contributed by atoms with Gasteiger partial charge in [-0.15, -0.1) is 0 Å². The summed E-state index contributed by atoms with van der Waals surface area (Å²) in [6, 6.07) is 16.0. The van der Waals surface area contributed by atoms with Gasteiger partial charge >= 0.3 is 0 Å². The summed E-state index contributed by atoms with van der Waals surface area (Å²) in [5.41, 5.74) is 1.42. The minimum atomic E-state index is -0.483. The van der Waals surface area contributed by atoms with Crippen LogP contribution in [0, 0.1) is 10.1 Å². The van der Waals surface area contributed by atoms with E-state index in [2.05, 4.69) is 0 Å². The summed E-state index contributed by atoms with van der Waals surface area (Å²) >= 11 is 0. The van der Waals surface area contributed by atoms with Crippen LogP contribution in [-0.4, -0.2) is 40.5 Å².